The van der Waals surface area contributed by atoms with Crippen LogP contribution in [0.1, 0.15) is 47.3 Å². The zero-order valence-corrected chi connectivity index (χ0v) is 15.5. The minimum absolute atomic E-state index is 0.748. The van der Waals surface area contributed by atoms with E-state index in [0.29, 0.717) is 0 Å². The molecule has 1 unspecified atom stereocenters. The first kappa shape index (κ1) is 16.0. The Hall–Kier alpha value is -2.20. The van der Waals surface area contributed by atoms with E-state index in [9.17, 15) is 0 Å². The van der Waals surface area contributed by atoms with E-state index in [1.165, 1.54) is 53.6 Å². The molecule has 5 rings (SSSR count). The number of hydrogen-bond donors (Lipinski definition) is 1. The van der Waals surface area contributed by atoms with Gasteiger partial charge in [0.15, 0.2) is 0 Å². The fourth-order valence-corrected chi connectivity index (χ4v) is 4.63. The standard InChI is InChI=1S/C22H26N4/c1-15-7-8-16(12-23-15)4-2-5-17-10-19-20-14-26-9-3-6-18(26)11-21(20)25-22(19)24-13-17/h7-8,10,12-13,18H,2-6,9,11,14H2,1H3,(H,24,25). The molecule has 5 heterocycles. The molecule has 1 atom stereocenters. The van der Waals surface area contributed by atoms with Crippen molar-refractivity contribution in [3.05, 3.63) is 58.7 Å². The largest absolute Gasteiger partial charge is 0.343 e. The number of hydrogen-bond acceptors (Lipinski definition) is 3. The molecule has 0 aliphatic carbocycles. The van der Waals surface area contributed by atoms with E-state index >= 15 is 0 Å². The van der Waals surface area contributed by atoms with Crippen LogP contribution in [0, 0.1) is 6.92 Å². The smallest absolute Gasteiger partial charge is 0.137 e. The van der Waals surface area contributed by atoms with Crippen LogP contribution in [-0.2, 0) is 25.8 Å². The molecule has 1 saturated heterocycles. The Labute approximate surface area is 154 Å². The first-order chi connectivity index (χ1) is 12.8. The molecule has 4 nitrogen and oxygen atoms in total. The van der Waals surface area contributed by atoms with Crippen LogP contribution in [0.3, 0.4) is 0 Å². The molecule has 2 aliphatic rings. The second-order valence-corrected chi connectivity index (χ2v) is 7.95. The van der Waals surface area contributed by atoms with E-state index in [1.54, 1.807) is 0 Å². The third kappa shape index (κ3) is 2.92. The Morgan fingerprint density at radius 2 is 2.04 bits per heavy atom. The highest BCUT2D eigenvalue weighted by Crippen LogP contribution is 2.34. The fraction of sp³-hybridized carbons (Fsp3) is 0.455. The number of aromatic amines is 1. The van der Waals surface area contributed by atoms with Crippen LogP contribution in [0.2, 0.25) is 0 Å². The highest BCUT2D eigenvalue weighted by molar-refractivity contribution is 5.82. The lowest BCUT2D eigenvalue weighted by atomic mass is 9.98. The van der Waals surface area contributed by atoms with E-state index in [-0.39, 0.29) is 0 Å². The number of nitrogens with zero attached hydrogens (tertiary/aromatic N) is 3. The van der Waals surface area contributed by atoms with Gasteiger partial charge in [-0.25, -0.2) is 4.98 Å². The summed E-state index contributed by atoms with van der Waals surface area (Å²) in [6, 6.07) is 7.42. The molecule has 26 heavy (non-hydrogen) atoms. The predicted molar refractivity (Wildman–Crippen MR) is 104 cm³/mol. The summed E-state index contributed by atoms with van der Waals surface area (Å²) in [7, 11) is 0. The van der Waals surface area contributed by atoms with Crippen molar-refractivity contribution in [2.45, 2.75) is 58.0 Å². The Balaban J connectivity index is 1.32. The molecule has 0 spiro atoms. The van der Waals surface area contributed by atoms with Gasteiger partial charge in [-0.15, -0.1) is 0 Å². The van der Waals surface area contributed by atoms with Crippen LogP contribution in [0.4, 0.5) is 0 Å². The van der Waals surface area contributed by atoms with Crippen molar-refractivity contribution in [2.75, 3.05) is 6.54 Å². The Kier molecular flexibility index (Phi) is 4.01. The molecule has 3 aromatic rings. The zero-order chi connectivity index (χ0) is 17.5. The van der Waals surface area contributed by atoms with Crippen LogP contribution < -0.4 is 0 Å². The van der Waals surface area contributed by atoms with Crippen molar-refractivity contribution in [3.63, 3.8) is 0 Å². The van der Waals surface area contributed by atoms with Crippen LogP contribution in [0.25, 0.3) is 11.0 Å². The fourth-order valence-electron chi connectivity index (χ4n) is 4.63. The molecule has 0 radical (unpaired) electrons. The molecule has 0 aromatic carbocycles. The second-order valence-electron chi connectivity index (χ2n) is 7.95. The number of aromatic nitrogens is 3. The topological polar surface area (TPSA) is 44.8 Å². The average molecular weight is 346 g/mol. The molecule has 1 N–H and O–H groups in total. The van der Waals surface area contributed by atoms with Gasteiger partial charge in [0.25, 0.3) is 0 Å². The predicted octanol–water partition coefficient (Wildman–Crippen LogP) is 3.96. The number of H-pyrrole nitrogens is 1. The molecular formula is C22H26N4. The van der Waals surface area contributed by atoms with Gasteiger partial charge in [-0.05, 0) is 74.4 Å². The number of pyridine rings is 2. The van der Waals surface area contributed by atoms with Gasteiger partial charge in [0, 0.05) is 48.2 Å². The summed E-state index contributed by atoms with van der Waals surface area (Å²) in [5, 5.41) is 1.35. The molecule has 1 fully saturated rings. The first-order valence-corrected chi connectivity index (χ1v) is 9.90. The molecular weight excluding hydrogens is 320 g/mol. The van der Waals surface area contributed by atoms with Crippen molar-refractivity contribution >= 4 is 11.0 Å². The highest BCUT2D eigenvalue weighted by Gasteiger charge is 2.32. The van der Waals surface area contributed by atoms with E-state index in [1.807, 2.05) is 13.1 Å². The Bertz CT molecular complexity index is 925. The van der Waals surface area contributed by atoms with Crippen LogP contribution in [0.15, 0.2) is 30.6 Å². The summed E-state index contributed by atoms with van der Waals surface area (Å²) in [5.41, 5.74) is 7.75. The summed E-state index contributed by atoms with van der Waals surface area (Å²) >= 11 is 0. The third-order valence-electron chi connectivity index (χ3n) is 6.11. The number of fused-ring (bicyclic) bond motifs is 4. The van der Waals surface area contributed by atoms with Gasteiger partial charge in [-0.3, -0.25) is 9.88 Å². The number of rotatable bonds is 4. The quantitative estimate of drug-likeness (QED) is 0.778. The van der Waals surface area contributed by atoms with Crippen molar-refractivity contribution in [1.29, 1.82) is 0 Å². The zero-order valence-electron chi connectivity index (χ0n) is 15.5. The van der Waals surface area contributed by atoms with Gasteiger partial charge >= 0.3 is 0 Å². The van der Waals surface area contributed by atoms with Gasteiger partial charge in [-0.2, -0.15) is 0 Å². The lowest BCUT2D eigenvalue weighted by Gasteiger charge is -2.29. The summed E-state index contributed by atoms with van der Waals surface area (Å²) in [5.74, 6) is 0. The molecule has 0 amide bonds. The lowest BCUT2D eigenvalue weighted by molar-refractivity contribution is 0.227. The van der Waals surface area contributed by atoms with Crippen LogP contribution in [-0.4, -0.2) is 32.4 Å². The summed E-state index contributed by atoms with van der Waals surface area (Å²) < 4.78 is 0. The van der Waals surface area contributed by atoms with Gasteiger partial charge in [0.05, 0.1) is 0 Å². The van der Waals surface area contributed by atoms with Crippen molar-refractivity contribution < 1.29 is 0 Å². The first-order valence-electron chi connectivity index (χ1n) is 9.90. The summed E-state index contributed by atoms with van der Waals surface area (Å²) in [6.07, 6.45) is 11.2. The normalized spacial score (nSPS) is 19.7. The Morgan fingerprint density at radius 3 is 2.92 bits per heavy atom. The number of nitrogens with one attached hydrogen (secondary N) is 1. The summed E-state index contributed by atoms with van der Waals surface area (Å²) in [6.45, 7) is 4.39. The molecule has 0 saturated carbocycles. The van der Waals surface area contributed by atoms with Crippen LogP contribution >= 0.6 is 0 Å². The Morgan fingerprint density at radius 1 is 1.15 bits per heavy atom. The molecule has 134 valence electrons. The number of aryl methyl sites for hydroxylation is 3. The summed E-state index contributed by atoms with van der Waals surface area (Å²) in [4.78, 5) is 15.4. The van der Waals surface area contributed by atoms with Crippen LogP contribution in [0.5, 0.6) is 0 Å². The SMILES string of the molecule is Cc1ccc(CCCc2cnc3[nH]c4c(c3c2)CN2CCCC2C4)cn1. The van der Waals surface area contributed by atoms with Gasteiger partial charge in [-0.1, -0.05) is 6.07 Å². The maximum Gasteiger partial charge on any atom is 0.137 e. The van der Waals surface area contributed by atoms with Crippen molar-refractivity contribution in [3.8, 4) is 0 Å². The molecule has 3 aromatic heterocycles. The minimum atomic E-state index is 0.748. The van der Waals surface area contributed by atoms with Gasteiger partial charge < -0.3 is 4.98 Å². The maximum atomic E-state index is 4.73. The highest BCUT2D eigenvalue weighted by atomic mass is 15.2. The van der Waals surface area contributed by atoms with E-state index in [2.05, 4.69) is 39.3 Å². The second kappa shape index (κ2) is 6.51. The van der Waals surface area contributed by atoms with E-state index in [4.69, 9.17) is 4.98 Å². The average Bonchev–Trinajstić information content (AvgIpc) is 3.25. The molecule has 2 aliphatic heterocycles. The molecule has 4 heteroatoms. The minimum Gasteiger partial charge on any atom is -0.343 e. The van der Waals surface area contributed by atoms with Gasteiger partial charge in [0.1, 0.15) is 5.65 Å². The molecule has 0 bridgehead atoms. The monoisotopic (exact) mass is 346 g/mol. The van der Waals surface area contributed by atoms with Crippen molar-refractivity contribution in [1.82, 2.24) is 19.9 Å². The van der Waals surface area contributed by atoms with E-state index < -0.39 is 0 Å². The maximum absolute atomic E-state index is 4.73. The lowest BCUT2D eigenvalue weighted by Crippen LogP contribution is -2.34. The van der Waals surface area contributed by atoms with Crippen molar-refractivity contribution in [2.24, 2.45) is 0 Å². The third-order valence-corrected chi connectivity index (χ3v) is 6.11. The van der Waals surface area contributed by atoms with Gasteiger partial charge in [0.2, 0.25) is 0 Å². The van der Waals surface area contributed by atoms with E-state index in [0.717, 1.165) is 43.2 Å².